The van der Waals surface area contributed by atoms with Gasteiger partial charge in [0.1, 0.15) is 5.75 Å². The van der Waals surface area contributed by atoms with Gasteiger partial charge in [0.2, 0.25) is 5.91 Å². The minimum absolute atomic E-state index is 0.0385. The standard InChI is InChI=1S/C25H32N2O5/c1-30-21-14-23(32-3)22(31-2)13-20(21)25(29)27-16-18-9-11-19(12-10-18)24(28)26-15-17-7-5-4-6-8-17/h4-8,13-14,18-19H,9-12,15-16H2,1-3H3,(H,26,28)(H,27,29). The fourth-order valence-corrected chi connectivity index (χ4v) is 4.10. The van der Waals surface area contributed by atoms with E-state index in [9.17, 15) is 9.59 Å². The van der Waals surface area contributed by atoms with E-state index >= 15 is 0 Å². The summed E-state index contributed by atoms with van der Waals surface area (Å²) in [5.74, 6) is 1.70. The normalized spacial score (nSPS) is 17.8. The first-order chi connectivity index (χ1) is 15.5. The smallest absolute Gasteiger partial charge is 0.255 e. The molecule has 0 unspecified atom stereocenters. The number of benzene rings is 2. The fraction of sp³-hybridized carbons (Fsp3) is 0.440. The highest BCUT2D eigenvalue weighted by Gasteiger charge is 2.27. The molecule has 1 fully saturated rings. The molecule has 1 aliphatic rings. The summed E-state index contributed by atoms with van der Waals surface area (Å²) in [7, 11) is 4.58. The lowest BCUT2D eigenvalue weighted by Gasteiger charge is -2.28. The molecule has 0 bridgehead atoms. The van der Waals surface area contributed by atoms with Gasteiger partial charge in [-0.2, -0.15) is 0 Å². The second kappa shape index (κ2) is 11.4. The third-order valence-electron chi connectivity index (χ3n) is 6.03. The molecule has 7 heteroatoms. The molecule has 0 radical (unpaired) electrons. The van der Waals surface area contributed by atoms with Crippen LogP contribution in [0.4, 0.5) is 0 Å². The van der Waals surface area contributed by atoms with Crippen molar-refractivity contribution in [3.05, 3.63) is 53.6 Å². The van der Waals surface area contributed by atoms with E-state index in [0.717, 1.165) is 31.2 Å². The molecule has 0 saturated heterocycles. The van der Waals surface area contributed by atoms with Crippen molar-refractivity contribution in [3.63, 3.8) is 0 Å². The molecule has 0 atom stereocenters. The number of carbonyl (C=O) groups is 2. The zero-order valence-electron chi connectivity index (χ0n) is 19.0. The number of carbonyl (C=O) groups excluding carboxylic acids is 2. The van der Waals surface area contributed by atoms with E-state index in [1.807, 2.05) is 30.3 Å². The van der Waals surface area contributed by atoms with Gasteiger partial charge in [0.25, 0.3) is 5.91 Å². The Morgan fingerprint density at radius 2 is 1.47 bits per heavy atom. The summed E-state index contributed by atoms with van der Waals surface area (Å²) < 4.78 is 15.9. The second-order valence-corrected chi connectivity index (χ2v) is 8.04. The molecular formula is C25H32N2O5. The van der Waals surface area contributed by atoms with Gasteiger partial charge in [0, 0.05) is 31.1 Å². The number of nitrogens with one attached hydrogen (secondary N) is 2. The molecule has 2 amide bonds. The van der Waals surface area contributed by atoms with Crippen molar-refractivity contribution in [2.45, 2.75) is 32.2 Å². The second-order valence-electron chi connectivity index (χ2n) is 8.04. The third kappa shape index (κ3) is 5.93. The maximum Gasteiger partial charge on any atom is 0.255 e. The summed E-state index contributed by atoms with van der Waals surface area (Å²) in [5, 5.41) is 6.05. The van der Waals surface area contributed by atoms with Crippen LogP contribution in [0.2, 0.25) is 0 Å². The van der Waals surface area contributed by atoms with Crippen LogP contribution in [-0.2, 0) is 11.3 Å². The van der Waals surface area contributed by atoms with Gasteiger partial charge >= 0.3 is 0 Å². The summed E-state index contributed by atoms with van der Waals surface area (Å²) in [4.78, 5) is 25.3. The Hall–Kier alpha value is -3.22. The summed E-state index contributed by atoms with van der Waals surface area (Å²) >= 11 is 0. The Morgan fingerprint density at radius 3 is 2.09 bits per heavy atom. The number of methoxy groups -OCH3 is 3. The molecule has 2 aromatic carbocycles. The van der Waals surface area contributed by atoms with Crippen LogP contribution >= 0.6 is 0 Å². The Bertz CT molecular complexity index is 908. The predicted octanol–water partition coefficient (Wildman–Crippen LogP) is 3.57. The largest absolute Gasteiger partial charge is 0.496 e. The summed E-state index contributed by atoms with van der Waals surface area (Å²) in [5.41, 5.74) is 1.50. The maximum absolute atomic E-state index is 12.8. The lowest BCUT2D eigenvalue weighted by Crippen LogP contribution is -2.36. The first-order valence-corrected chi connectivity index (χ1v) is 11.0. The van der Waals surface area contributed by atoms with Crippen molar-refractivity contribution in [2.24, 2.45) is 11.8 Å². The van der Waals surface area contributed by atoms with Crippen molar-refractivity contribution in [3.8, 4) is 17.2 Å². The van der Waals surface area contributed by atoms with Crippen LogP contribution < -0.4 is 24.8 Å². The van der Waals surface area contributed by atoms with E-state index in [0.29, 0.717) is 41.8 Å². The van der Waals surface area contributed by atoms with Crippen LogP contribution in [0.25, 0.3) is 0 Å². The Kier molecular flexibility index (Phi) is 8.36. The Balaban J connectivity index is 1.47. The molecule has 0 aromatic heterocycles. The summed E-state index contributed by atoms with van der Waals surface area (Å²) in [6.45, 7) is 1.12. The highest BCUT2D eigenvalue weighted by atomic mass is 16.5. The molecule has 32 heavy (non-hydrogen) atoms. The van der Waals surface area contributed by atoms with Gasteiger partial charge in [0.05, 0.1) is 26.9 Å². The van der Waals surface area contributed by atoms with Crippen LogP contribution in [-0.4, -0.2) is 39.7 Å². The van der Waals surface area contributed by atoms with E-state index in [1.54, 1.807) is 12.1 Å². The monoisotopic (exact) mass is 440 g/mol. The van der Waals surface area contributed by atoms with Gasteiger partial charge in [-0.05, 0) is 37.2 Å². The molecule has 0 spiro atoms. The Labute approximate surface area is 189 Å². The van der Waals surface area contributed by atoms with Crippen LogP contribution in [0.5, 0.6) is 17.2 Å². The fourth-order valence-electron chi connectivity index (χ4n) is 4.10. The van der Waals surface area contributed by atoms with E-state index in [-0.39, 0.29) is 17.7 Å². The quantitative estimate of drug-likeness (QED) is 0.623. The molecule has 7 nitrogen and oxygen atoms in total. The van der Waals surface area contributed by atoms with Crippen molar-refractivity contribution in [1.29, 1.82) is 0 Å². The highest BCUT2D eigenvalue weighted by molar-refractivity contribution is 5.97. The molecule has 172 valence electrons. The van der Waals surface area contributed by atoms with E-state index in [1.165, 1.54) is 21.3 Å². The molecule has 2 N–H and O–H groups in total. The van der Waals surface area contributed by atoms with E-state index in [2.05, 4.69) is 10.6 Å². The number of rotatable bonds is 9. The lowest BCUT2D eigenvalue weighted by atomic mass is 9.81. The Morgan fingerprint density at radius 1 is 0.844 bits per heavy atom. The molecule has 1 saturated carbocycles. The van der Waals surface area contributed by atoms with Crippen LogP contribution in [0.1, 0.15) is 41.6 Å². The van der Waals surface area contributed by atoms with Crippen molar-refractivity contribution in [1.82, 2.24) is 10.6 Å². The zero-order valence-corrected chi connectivity index (χ0v) is 19.0. The molecular weight excluding hydrogens is 408 g/mol. The number of ether oxygens (including phenoxy) is 3. The molecule has 3 rings (SSSR count). The first kappa shape index (κ1) is 23.4. The summed E-state index contributed by atoms with van der Waals surface area (Å²) in [6.07, 6.45) is 3.49. The van der Waals surface area contributed by atoms with Gasteiger partial charge in [-0.15, -0.1) is 0 Å². The molecule has 0 aliphatic heterocycles. The van der Waals surface area contributed by atoms with Gasteiger partial charge in [0.15, 0.2) is 11.5 Å². The van der Waals surface area contributed by atoms with Gasteiger partial charge < -0.3 is 24.8 Å². The minimum atomic E-state index is -0.217. The number of amides is 2. The van der Waals surface area contributed by atoms with Crippen LogP contribution in [0.15, 0.2) is 42.5 Å². The SMILES string of the molecule is COc1cc(OC)c(C(=O)NCC2CCC(C(=O)NCc3ccccc3)CC2)cc1OC. The average molecular weight is 441 g/mol. The van der Waals surface area contributed by atoms with Gasteiger partial charge in [-0.1, -0.05) is 30.3 Å². The van der Waals surface area contributed by atoms with E-state index < -0.39 is 0 Å². The molecule has 0 heterocycles. The average Bonchev–Trinajstić information content (AvgIpc) is 2.85. The highest BCUT2D eigenvalue weighted by Crippen LogP contribution is 2.35. The van der Waals surface area contributed by atoms with Crippen LogP contribution in [0.3, 0.4) is 0 Å². The number of hydrogen-bond donors (Lipinski definition) is 2. The topological polar surface area (TPSA) is 85.9 Å². The zero-order chi connectivity index (χ0) is 22.9. The van der Waals surface area contributed by atoms with Crippen molar-refractivity contribution >= 4 is 11.8 Å². The third-order valence-corrected chi connectivity index (χ3v) is 6.03. The van der Waals surface area contributed by atoms with Crippen molar-refractivity contribution in [2.75, 3.05) is 27.9 Å². The van der Waals surface area contributed by atoms with Gasteiger partial charge in [-0.25, -0.2) is 0 Å². The van der Waals surface area contributed by atoms with Gasteiger partial charge in [-0.3, -0.25) is 9.59 Å². The minimum Gasteiger partial charge on any atom is -0.496 e. The molecule has 1 aliphatic carbocycles. The molecule has 2 aromatic rings. The van der Waals surface area contributed by atoms with Crippen LogP contribution in [0, 0.1) is 11.8 Å². The van der Waals surface area contributed by atoms with Crippen molar-refractivity contribution < 1.29 is 23.8 Å². The summed E-state index contributed by atoms with van der Waals surface area (Å²) in [6, 6.07) is 13.2. The maximum atomic E-state index is 12.8. The lowest BCUT2D eigenvalue weighted by molar-refractivity contribution is -0.126. The predicted molar refractivity (Wildman–Crippen MR) is 122 cm³/mol. The van der Waals surface area contributed by atoms with E-state index in [4.69, 9.17) is 14.2 Å². The number of hydrogen-bond acceptors (Lipinski definition) is 5. The first-order valence-electron chi connectivity index (χ1n) is 11.0.